The van der Waals surface area contributed by atoms with E-state index >= 15 is 0 Å². The summed E-state index contributed by atoms with van der Waals surface area (Å²) in [5.41, 5.74) is 3.11. The highest BCUT2D eigenvalue weighted by atomic mass is 16.1. The Morgan fingerprint density at radius 1 is 1.10 bits per heavy atom. The van der Waals surface area contributed by atoms with Gasteiger partial charge in [-0.25, -0.2) is 0 Å². The maximum atomic E-state index is 11.9. The molecule has 0 spiro atoms. The van der Waals surface area contributed by atoms with E-state index in [1.54, 1.807) is 0 Å². The number of aryl methyl sites for hydroxylation is 1. The third-order valence-corrected chi connectivity index (χ3v) is 3.05. The van der Waals surface area contributed by atoms with Gasteiger partial charge in [0.2, 0.25) is 6.54 Å². The summed E-state index contributed by atoms with van der Waals surface area (Å²) in [6.07, 6.45) is 3.81. The highest BCUT2D eigenvalue weighted by molar-refractivity contribution is 5.89. The monoisotopic (exact) mass is 270 g/mol. The summed E-state index contributed by atoms with van der Waals surface area (Å²) in [7, 11) is 3.98. The van der Waals surface area contributed by atoms with Gasteiger partial charge in [-0.2, -0.15) is 4.57 Å². The third kappa shape index (κ3) is 3.82. The Morgan fingerprint density at radius 2 is 1.70 bits per heavy atom. The van der Waals surface area contributed by atoms with E-state index in [1.807, 2.05) is 79.3 Å². The number of rotatable bonds is 4. The second-order valence-electron chi connectivity index (χ2n) is 5.04. The molecule has 1 aromatic carbocycles. The summed E-state index contributed by atoms with van der Waals surface area (Å²) in [4.78, 5) is 14.0. The van der Waals surface area contributed by atoms with Crippen LogP contribution < -0.4 is 14.8 Å². The number of aromatic nitrogens is 1. The zero-order valence-electron chi connectivity index (χ0n) is 12.1. The van der Waals surface area contributed by atoms with Crippen molar-refractivity contribution < 1.29 is 9.36 Å². The molecule has 0 atom stereocenters. The van der Waals surface area contributed by atoms with Crippen LogP contribution in [0.15, 0.2) is 48.8 Å². The lowest BCUT2D eigenvalue weighted by Crippen LogP contribution is -2.39. The topological polar surface area (TPSA) is 36.2 Å². The number of pyridine rings is 1. The van der Waals surface area contributed by atoms with Gasteiger partial charge in [0, 0.05) is 37.6 Å². The fraction of sp³-hybridized carbons (Fsp3) is 0.250. The molecule has 0 bridgehead atoms. The molecule has 104 valence electrons. The minimum Gasteiger partial charge on any atom is -0.377 e. The molecule has 1 aromatic heterocycles. The third-order valence-electron chi connectivity index (χ3n) is 3.05. The van der Waals surface area contributed by atoms with Crippen molar-refractivity contribution in [2.75, 3.05) is 24.3 Å². The SMILES string of the molecule is Cc1ccc(NC(=O)C[n+]2ccc(N(C)C)cc2)cc1. The van der Waals surface area contributed by atoms with Crippen molar-refractivity contribution in [2.45, 2.75) is 13.5 Å². The Kier molecular flexibility index (Phi) is 4.35. The van der Waals surface area contributed by atoms with Crippen molar-refractivity contribution in [3.63, 3.8) is 0 Å². The molecule has 0 aliphatic heterocycles. The van der Waals surface area contributed by atoms with Crippen LogP contribution in [0.5, 0.6) is 0 Å². The number of carbonyl (C=O) groups is 1. The zero-order chi connectivity index (χ0) is 14.5. The summed E-state index contributed by atoms with van der Waals surface area (Å²) in [6.45, 7) is 2.33. The molecule has 2 aromatic rings. The summed E-state index contributed by atoms with van der Waals surface area (Å²) in [5, 5.41) is 2.88. The van der Waals surface area contributed by atoms with Gasteiger partial charge in [0.15, 0.2) is 12.4 Å². The molecule has 4 nitrogen and oxygen atoms in total. The van der Waals surface area contributed by atoms with Gasteiger partial charge in [0.1, 0.15) is 0 Å². The molecule has 2 rings (SSSR count). The standard InChI is InChI=1S/C16H19N3O/c1-13-4-6-14(7-5-13)17-16(20)12-19-10-8-15(9-11-19)18(2)3/h4-11H,12H2,1-3H3/p+1. The first-order chi connectivity index (χ1) is 9.54. The molecule has 1 N–H and O–H groups in total. The van der Waals surface area contributed by atoms with Crippen LogP contribution in [-0.4, -0.2) is 20.0 Å². The van der Waals surface area contributed by atoms with Crippen LogP contribution in [0.25, 0.3) is 0 Å². The Bertz CT molecular complexity index is 574. The van der Waals surface area contributed by atoms with Gasteiger partial charge < -0.3 is 10.2 Å². The summed E-state index contributed by atoms with van der Waals surface area (Å²) in [5.74, 6) is -0.0311. The number of hydrogen-bond donors (Lipinski definition) is 1. The zero-order valence-corrected chi connectivity index (χ0v) is 12.1. The van der Waals surface area contributed by atoms with Crippen molar-refractivity contribution >= 4 is 17.3 Å². The smallest absolute Gasteiger partial charge is 0.290 e. The number of benzene rings is 1. The Morgan fingerprint density at radius 3 is 2.25 bits per heavy atom. The molecule has 1 heterocycles. The Labute approximate surface area is 119 Å². The van der Waals surface area contributed by atoms with Gasteiger partial charge in [-0.15, -0.1) is 0 Å². The van der Waals surface area contributed by atoms with Crippen LogP contribution in [0.3, 0.4) is 0 Å². The van der Waals surface area contributed by atoms with Crippen LogP contribution in [0.2, 0.25) is 0 Å². The van der Waals surface area contributed by atoms with Crippen molar-refractivity contribution in [3.8, 4) is 0 Å². The summed E-state index contributed by atoms with van der Waals surface area (Å²) >= 11 is 0. The average Bonchev–Trinajstić information content (AvgIpc) is 2.42. The lowest BCUT2D eigenvalue weighted by Gasteiger charge is -2.10. The van der Waals surface area contributed by atoms with E-state index in [0.29, 0.717) is 6.54 Å². The molecule has 1 amide bonds. The van der Waals surface area contributed by atoms with Crippen LogP contribution >= 0.6 is 0 Å². The molecule has 20 heavy (non-hydrogen) atoms. The van der Waals surface area contributed by atoms with Crippen LogP contribution in [0.1, 0.15) is 5.56 Å². The van der Waals surface area contributed by atoms with E-state index in [2.05, 4.69) is 5.32 Å². The molecule has 0 saturated heterocycles. The highest BCUT2D eigenvalue weighted by Gasteiger charge is 2.09. The van der Waals surface area contributed by atoms with E-state index < -0.39 is 0 Å². The number of nitrogens with one attached hydrogen (secondary N) is 1. The van der Waals surface area contributed by atoms with E-state index in [9.17, 15) is 4.79 Å². The van der Waals surface area contributed by atoms with E-state index in [1.165, 1.54) is 5.56 Å². The second kappa shape index (κ2) is 6.19. The molecular formula is C16H20N3O+. The molecule has 4 heteroatoms. The van der Waals surface area contributed by atoms with E-state index in [-0.39, 0.29) is 5.91 Å². The minimum atomic E-state index is -0.0311. The number of anilines is 2. The number of nitrogens with zero attached hydrogens (tertiary/aromatic N) is 2. The van der Waals surface area contributed by atoms with Gasteiger partial charge in [-0.1, -0.05) is 17.7 Å². The fourth-order valence-corrected chi connectivity index (χ4v) is 1.86. The second-order valence-corrected chi connectivity index (χ2v) is 5.04. The predicted octanol–water partition coefficient (Wildman–Crippen LogP) is 1.99. The number of amides is 1. The largest absolute Gasteiger partial charge is 0.377 e. The molecule has 0 fully saturated rings. The van der Waals surface area contributed by atoms with Crippen molar-refractivity contribution in [1.82, 2.24) is 0 Å². The predicted molar refractivity (Wildman–Crippen MR) is 80.8 cm³/mol. The molecule has 0 radical (unpaired) electrons. The first kappa shape index (κ1) is 14.1. The Balaban J connectivity index is 1.95. The van der Waals surface area contributed by atoms with Gasteiger partial charge in [-0.05, 0) is 19.1 Å². The quantitative estimate of drug-likeness (QED) is 0.863. The van der Waals surface area contributed by atoms with Crippen molar-refractivity contribution in [2.24, 2.45) is 0 Å². The molecule has 0 aliphatic carbocycles. The average molecular weight is 270 g/mol. The normalized spacial score (nSPS) is 10.2. The first-order valence-electron chi connectivity index (χ1n) is 6.57. The maximum Gasteiger partial charge on any atom is 0.290 e. The van der Waals surface area contributed by atoms with Crippen LogP contribution in [0, 0.1) is 6.92 Å². The Hall–Kier alpha value is -2.36. The van der Waals surface area contributed by atoms with Crippen LogP contribution in [0.4, 0.5) is 11.4 Å². The molecule has 0 aliphatic rings. The van der Waals surface area contributed by atoms with Gasteiger partial charge in [0.25, 0.3) is 5.91 Å². The fourth-order valence-electron chi connectivity index (χ4n) is 1.86. The lowest BCUT2D eigenvalue weighted by atomic mass is 10.2. The lowest BCUT2D eigenvalue weighted by molar-refractivity contribution is -0.684. The number of carbonyl (C=O) groups excluding carboxylic acids is 1. The summed E-state index contributed by atoms with van der Waals surface area (Å²) < 4.78 is 1.86. The highest BCUT2D eigenvalue weighted by Crippen LogP contribution is 2.08. The van der Waals surface area contributed by atoms with E-state index in [4.69, 9.17) is 0 Å². The van der Waals surface area contributed by atoms with Crippen molar-refractivity contribution in [1.29, 1.82) is 0 Å². The van der Waals surface area contributed by atoms with Crippen molar-refractivity contribution in [3.05, 3.63) is 54.4 Å². The van der Waals surface area contributed by atoms with E-state index in [0.717, 1.165) is 11.4 Å². The van der Waals surface area contributed by atoms with Gasteiger partial charge in [0.05, 0.1) is 0 Å². The molecule has 0 unspecified atom stereocenters. The maximum absolute atomic E-state index is 11.9. The van der Waals surface area contributed by atoms with Gasteiger partial charge in [-0.3, -0.25) is 4.79 Å². The minimum absolute atomic E-state index is 0.0311. The van der Waals surface area contributed by atoms with Crippen LogP contribution in [-0.2, 0) is 11.3 Å². The first-order valence-corrected chi connectivity index (χ1v) is 6.57. The molecular weight excluding hydrogens is 250 g/mol. The van der Waals surface area contributed by atoms with Gasteiger partial charge >= 0.3 is 0 Å². The molecule has 0 saturated carbocycles. The summed E-state index contributed by atoms with van der Waals surface area (Å²) in [6, 6.07) is 11.8. The number of hydrogen-bond acceptors (Lipinski definition) is 2.